The predicted octanol–water partition coefficient (Wildman–Crippen LogP) is 4.10. The van der Waals surface area contributed by atoms with Crippen molar-refractivity contribution in [2.45, 2.75) is 13.8 Å². The van der Waals surface area contributed by atoms with Crippen molar-refractivity contribution in [3.8, 4) is 5.75 Å². The van der Waals surface area contributed by atoms with Gasteiger partial charge in [0.1, 0.15) is 11.6 Å². The van der Waals surface area contributed by atoms with Gasteiger partial charge in [-0.05, 0) is 60.9 Å². The van der Waals surface area contributed by atoms with Crippen LogP contribution in [0.3, 0.4) is 0 Å². The molecule has 0 bridgehead atoms. The summed E-state index contributed by atoms with van der Waals surface area (Å²) < 4.78 is 18.7. The Morgan fingerprint density at radius 1 is 1.18 bits per heavy atom. The molecule has 1 amide bonds. The van der Waals surface area contributed by atoms with E-state index in [1.165, 1.54) is 18.2 Å². The molecule has 2 rings (SSSR count). The Hall–Kier alpha value is -2.62. The summed E-state index contributed by atoms with van der Waals surface area (Å²) in [6.45, 7) is 3.90. The van der Waals surface area contributed by atoms with Gasteiger partial charge in [-0.1, -0.05) is 12.1 Å². The molecule has 0 radical (unpaired) electrons. The second-order valence-corrected chi connectivity index (χ2v) is 4.98. The van der Waals surface area contributed by atoms with Crippen LogP contribution in [0.1, 0.15) is 16.7 Å². The van der Waals surface area contributed by atoms with Crippen LogP contribution in [0, 0.1) is 19.7 Å². The number of aryl methyl sites for hydroxylation is 2. The molecule has 22 heavy (non-hydrogen) atoms. The van der Waals surface area contributed by atoms with Crippen LogP contribution in [-0.2, 0) is 4.79 Å². The number of ether oxygens (including phenoxy) is 1. The fourth-order valence-corrected chi connectivity index (χ4v) is 2.21. The van der Waals surface area contributed by atoms with Gasteiger partial charge in [-0.3, -0.25) is 4.79 Å². The number of nitrogens with one attached hydrogen (secondary N) is 1. The third-order valence-electron chi connectivity index (χ3n) is 3.34. The summed E-state index contributed by atoms with van der Waals surface area (Å²) in [6, 6.07) is 9.87. The Kier molecular flexibility index (Phi) is 4.94. The Bertz CT molecular complexity index is 700. The van der Waals surface area contributed by atoms with Crippen molar-refractivity contribution in [1.82, 2.24) is 0 Å². The van der Waals surface area contributed by atoms with Crippen molar-refractivity contribution in [3.63, 3.8) is 0 Å². The quantitative estimate of drug-likeness (QED) is 0.863. The van der Waals surface area contributed by atoms with Crippen molar-refractivity contribution in [1.29, 1.82) is 0 Å². The zero-order valence-electron chi connectivity index (χ0n) is 12.8. The normalized spacial score (nSPS) is 10.7. The molecule has 0 heterocycles. The minimum atomic E-state index is -0.457. The summed E-state index contributed by atoms with van der Waals surface area (Å²) in [4.78, 5) is 11.9. The second-order valence-electron chi connectivity index (χ2n) is 4.98. The molecule has 0 aliphatic carbocycles. The number of carbonyl (C=O) groups is 1. The number of para-hydroxylation sites is 1. The van der Waals surface area contributed by atoms with E-state index in [1.54, 1.807) is 25.3 Å². The van der Waals surface area contributed by atoms with Crippen molar-refractivity contribution in [2.24, 2.45) is 0 Å². The van der Waals surface area contributed by atoms with Crippen molar-refractivity contribution in [2.75, 3.05) is 12.4 Å². The molecule has 114 valence electrons. The van der Waals surface area contributed by atoms with Gasteiger partial charge < -0.3 is 10.1 Å². The fraction of sp³-hybridized carbons (Fsp3) is 0.167. The van der Waals surface area contributed by atoms with Gasteiger partial charge in [0.2, 0.25) is 5.91 Å². The molecule has 1 N–H and O–H groups in total. The van der Waals surface area contributed by atoms with Gasteiger partial charge >= 0.3 is 0 Å². The first-order chi connectivity index (χ1) is 10.5. The molecular weight excluding hydrogens is 281 g/mol. The van der Waals surface area contributed by atoms with E-state index in [9.17, 15) is 9.18 Å². The molecular formula is C18H18FNO2. The van der Waals surface area contributed by atoms with Gasteiger partial charge in [0.05, 0.1) is 12.8 Å². The lowest BCUT2D eigenvalue weighted by atomic mass is 10.0. The first-order valence-corrected chi connectivity index (χ1v) is 6.90. The van der Waals surface area contributed by atoms with E-state index in [1.807, 2.05) is 26.0 Å². The van der Waals surface area contributed by atoms with E-state index in [2.05, 4.69) is 5.32 Å². The summed E-state index contributed by atoms with van der Waals surface area (Å²) in [5.74, 6) is -0.0521. The highest BCUT2D eigenvalue weighted by molar-refractivity contribution is 6.02. The van der Waals surface area contributed by atoms with Crippen molar-refractivity contribution < 1.29 is 13.9 Å². The Morgan fingerprint density at radius 3 is 2.41 bits per heavy atom. The number of hydrogen-bond acceptors (Lipinski definition) is 2. The molecule has 2 aromatic rings. The van der Waals surface area contributed by atoms with Crippen LogP contribution < -0.4 is 10.1 Å². The van der Waals surface area contributed by atoms with Crippen LogP contribution in [0.25, 0.3) is 6.08 Å². The van der Waals surface area contributed by atoms with Crippen LogP contribution in [0.2, 0.25) is 0 Å². The minimum Gasteiger partial charge on any atom is -0.497 e. The first kappa shape index (κ1) is 15.8. The van der Waals surface area contributed by atoms with E-state index in [0.717, 1.165) is 22.4 Å². The van der Waals surface area contributed by atoms with Gasteiger partial charge in [0.15, 0.2) is 0 Å². The SMILES string of the molecule is COc1cc(C)c(/C=C/C(=O)Nc2ccccc2F)c(C)c1. The topological polar surface area (TPSA) is 38.3 Å². The van der Waals surface area contributed by atoms with Gasteiger partial charge in [0.25, 0.3) is 0 Å². The number of carbonyl (C=O) groups excluding carboxylic acids is 1. The molecule has 0 fully saturated rings. The van der Waals surface area contributed by atoms with Crippen LogP contribution in [0.15, 0.2) is 42.5 Å². The highest BCUT2D eigenvalue weighted by Gasteiger charge is 2.05. The number of halogens is 1. The summed E-state index contributed by atoms with van der Waals surface area (Å²) in [5.41, 5.74) is 3.13. The molecule has 0 spiro atoms. The van der Waals surface area contributed by atoms with Crippen LogP contribution in [0.4, 0.5) is 10.1 Å². The van der Waals surface area contributed by atoms with Crippen LogP contribution in [0.5, 0.6) is 5.75 Å². The van der Waals surface area contributed by atoms with E-state index >= 15 is 0 Å². The average Bonchev–Trinajstić information content (AvgIpc) is 2.48. The third kappa shape index (κ3) is 3.73. The van der Waals surface area contributed by atoms with Gasteiger partial charge in [-0.15, -0.1) is 0 Å². The standard InChI is InChI=1S/C18H18FNO2/c1-12-10-14(22-3)11-13(2)15(12)8-9-18(21)20-17-7-5-4-6-16(17)19/h4-11H,1-3H3,(H,20,21)/b9-8+. The lowest BCUT2D eigenvalue weighted by Gasteiger charge is -2.09. The summed E-state index contributed by atoms with van der Waals surface area (Å²) in [5, 5.41) is 2.52. The summed E-state index contributed by atoms with van der Waals surface area (Å²) in [6.07, 6.45) is 3.12. The number of methoxy groups -OCH3 is 1. The highest BCUT2D eigenvalue weighted by atomic mass is 19.1. The maximum atomic E-state index is 13.5. The van der Waals surface area contributed by atoms with E-state index in [0.29, 0.717) is 0 Å². The Balaban J connectivity index is 2.15. The molecule has 0 aromatic heterocycles. The Morgan fingerprint density at radius 2 is 1.82 bits per heavy atom. The minimum absolute atomic E-state index is 0.167. The molecule has 0 unspecified atom stereocenters. The molecule has 0 aliphatic heterocycles. The lowest BCUT2D eigenvalue weighted by Crippen LogP contribution is -2.09. The fourth-order valence-electron chi connectivity index (χ4n) is 2.21. The summed E-state index contributed by atoms with van der Waals surface area (Å²) >= 11 is 0. The number of anilines is 1. The van der Waals surface area contributed by atoms with Gasteiger partial charge in [-0.2, -0.15) is 0 Å². The second kappa shape index (κ2) is 6.89. The highest BCUT2D eigenvalue weighted by Crippen LogP contribution is 2.22. The molecule has 2 aromatic carbocycles. The smallest absolute Gasteiger partial charge is 0.248 e. The molecule has 3 nitrogen and oxygen atoms in total. The monoisotopic (exact) mass is 299 g/mol. The van der Waals surface area contributed by atoms with E-state index < -0.39 is 5.82 Å². The number of amides is 1. The molecule has 0 aliphatic rings. The van der Waals surface area contributed by atoms with E-state index in [4.69, 9.17) is 4.74 Å². The largest absolute Gasteiger partial charge is 0.497 e. The predicted molar refractivity (Wildman–Crippen MR) is 86.5 cm³/mol. The first-order valence-electron chi connectivity index (χ1n) is 6.90. The Labute approximate surface area is 129 Å². The van der Waals surface area contributed by atoms with Crippen molar-refractivity contribution in [3.05, 3.63) is 65.0 Å². The lowest BCUT2D eigenvalue weighted by molar-refractivity contribution is -0.111. The number of rotatable bonds is 4. The van der Waals surface area contributed by atoms with Gasteiger partial charge in [0, 0.05) is 6.08 Å². The third-order valence-corrected chi connectivity index (χ3v) is 3.34. The average molecular weight is 299 g/mol. The zero-order valence-corrected chi connectivity index (χ0v) is 12.8. The molecule has 0 atom stereocenters. The number of benzene rings is 2. The molecule has 0 saturated heterocycles. The maximum Gasteiger partial charge on any atom is 0.248 e. The zero-order chi connectivity index (χ0) is 16.1. The molecule has 4 heteroatoms. The number of hydrogen-bond donors (Lipinski definition) is 1. The maximum absolute atomic E-state index is 13.5. The van der Waals surface area contributed by atoms with Crippen LogP contribution in [-0.4, -0.2) is 13.0 Å². The van der Waals surface area contributed by atoms with Crippen molar-refractivity contribution >= 4 is 17.7 Å². The van der Waals surface area contributed by atoms with Gasteiger partial charge in [-0.25, -0.2) is 4.39 Å². The van der Waals surface area contributed by atoms with Crippen LogP contribution >= 0.6 is 0 Å². The van der Waals surface area contributed by atoms with E-state index in [-0.39, 0.29) is 11.6 Å². The summed E-state index contributed by atoms with van der Waals surface area (Å²) in [7, 11) is 1.62. The molecule has 0 saturated carbocycles.